The maximum Gasteiger partial charge on any atom is 0.231 e. The number of nitrogens with zero attached hydrogens (tertiary/aromatic N) is 1. The molecule has 0 bridgehead atoms. The van der Waals surface area contributed by atoms with Gasteiger partial charge in [-0.1, -0.05) is 13.0 Å². The van der Waals surface area contributed by atoms with E-state index in [-0.39, 0.29) is 5.54 Å². The van der Waals surface area contributed by atoms with E-state index in [1.165, 1.54) is 12.0 Å². The van der Waals surface area contributed by atoms with Gasteiger partial charge in [0.25, 0.3) is 0 Å². The van der Waals surface area contributed by atoms with E-state index in [2.05, 4.69) is 36.2 Å². The fourth-order valence-corrected chi connectivity index (χ4v) is 2.99. The number of rotatable bonds is 3. The van der Waals surface area contributed by atoms with Crippen molar-refractivity contribution in [3.63, 3.8) is 0 Å². The van der Waals surface area contributed by atoms with Crippen LogP contribution in [0.1, 0.15) is 32.3 Å². The largest absolute Gasteiger partial charge is 0.454 e. The van der Waals surface area contributed by atoms with Crippen molar-refractivity contribution >= 4 is 0 Å². The van der Waals surface area contributed by atoms with Crippen LogP contribution in [-0.4, -0.2) is 36.9 Å². The molecule has 1 aromatic rings. The molecular weight excluding hydrogens is 252 g/mol. The Labute approximate surface area is 121 Å². The summed E-state index contributed by atoms with van der Waals surface area (Å²) in [7, 11) is 0. The molecular formula is C16H24N2O2. The van der Waals surface area contributed by atoms with E-state index in [9.17, 15) is 0 Å². The highest BCUT2D eigenvalue weighted by Gasteiger charge is 2.27. The lowest BCUT2D eigenvalue weighted by Gasteiger charge is -2.32. The van der Waals surface area contributed by atoms with Crippen LogP contribution in [0.3, 0.4) is 0 Å². The summed E-state index contributed by atoms with van der Waals surface area (Å²) in [6.45, 7) is 9.27. The Morgan fingerprint density at radius 2 is 2.15 bits per heavy atom. The molecule has 0 amide bonds. The van der Waals surface area contributed by atoms with Crippen LogP contribution in [0, 0.1) is 0 Å². The summed E-state index contributed by atoms with van der Waals surface area (Å²) in [5.41, 5.74) is 1.53. The van der Waals surface area contributed by atoms with Crippen LogP contribution in [0.5, 0.6) is 11.5 Å². The summed E-state index contributed by atoms with van der Waals surface area (Å²) in [4.78, 5) is 2.54. The molecule has 0 aliphatic carbocycles. The molecule has 4 heteroatoms. The van der Waals surface area contributed by atoms with Crippen LogP contribution >= 0.6 is 0 Å². The Hall–Kier alpha value is -1.26. The maximum absolute atomic E-state index is 5.46. The fraction of sp³-hybridized carbons (Fsp3) is 0.625. The topological polar surface area (TPSA) is 33.7 Å². The monoisotopic (exact) mass is 276 g/mol. The van der Waals surface area contributed by atoms with Crippen LogP contribution in [0.4, 0.5) is 0 Å². The molecule has 0 spiro atoms. The number of nitrogens with one attached hydrogen (secondary N) is 1. The maximum atomic E-state index is 5.46. The second kappa shape index (κ2) is 5.62. The normalized spacial score (nSPS) is 26.5. The van der Waals surface area contributed by atoms with Crippen LogP contribution in [-0.2, 0) is 6.54 Å². The molecule has 1 saturated heterocycles. The zero-order valence-corrected chi connectivity index (χ0v) is 12.4. The molecule has 0 aromatic heterocycles. The highest BCUT2D eigenvalue weighted by atomic mass is 16.7. The van der Waals surface area contributed by atoms with E-state index in [0.29, 0.717) is 6.79 Å². The predicted octanol–water partition coefficient (Wildman–Crippen LogP) is 2.38. The van der Waals surface area contributed by atoms with Crippen LogP contribution < -0.4 is 14.8 Å². The zero-order valence-electron chi connectivity index (χ0n) is 12.4. The van der Waals surface area contributed by atoms with E-state index in [1.54, 1.807) is 0 Å². The summed E-state index contributed by atoms with van der Waals surface area (Å²) >= 11 is 0. The predicted molar refractivity (Wildman–Crippen MR) is 79.2 cm³/mol. The molecule has 1 fully saturated rings. The molecule has 1 unspecified atom stereocenters. The Morgan fingerprint density at radius 3 is 3.00 bits per heavy atom. The molecule has 110 valence electrons. The molecule has 1 atom stereocenters. The zero-order chi connectivity index (χ0) is 14.0. The summed E-state index contributed by atoms with van der Waals surface area (Å²) in [6.07, 6.45) is 2.37. The fourth-order valence-electron chi connectivity index (χ4n) is 2.99. The minimum Gasteiger partial charge on any atom is -0.454 e. The van der Waals surface area contributed by atoms with Crippen molar-refractivity contribution in [1.82, 2.24) is 10.2 Å². The first-order chi connectivity index (χ1) is 9.68. The first-order valence-corrected chi connectivity index (χ1v) is 7.54. The number of benzene rings is 1. The molecule has 2 aliphatic heterocycles. The van der Waals surface area contributed by atoms with E-state index in [4.69, 9.17) is 9.47 Å². The van der Waals surface area contributed by atoms with E-state index in [0.717, 1.165) is 44.1 Å². The lowest BCUT2D eigenvalue weighted by molar-refractivity contribution is 0.174. The Morgan fingerprint density at radius 1 is 1.30 bits per heavy atom. The van der Waals surface area contributed by atoms with Gasteiger partial charge < -0.3 is 14.8 Å². The molecule has 20 heavy (non-hydrogen) atoms. The molecule has 0 saturated carbocycles. The lowest BCUT2D eigenvalue weighted by atomic mass is 9.98. The van der Waals surface area contributed by atoms with Crippen LogP contribution in [0.25, 0.3) is 0 Å². The molecule has 1 aromatic carbocycles. The summed E-state index contributed by atoms with van der Waals surface area (Å²) < 4.78 is 10.8. The smallest absolute Gasteiger partial charge is 0.231 e. The van der Waals surface area contributed by atoms with Crippen LogP contribution in [0.2, 0.25) is 0 Å². The van der Waals surface area contributed by atoms with Gasteiger partial charge in [0, 0.05) is 18.6 Å². The number of hydrogen-bond donors (Lipinski definition) is 1. The molecule has 4 nitrogen and oxygen atoms in total. The van der Waals surface area contributed by atoms with Gasteiger partial charge in [-0.25, -0.2) is 0 Å². The molecule has 2 heterocycles. The molecule has 0 radical (unpaired) electrons. The minimum atomic E-state index is 0.229. The summed E-state index contributed by atoms with van der Waals surface area (Å²) in [5.74, 6) is 1.75. The highest BCUT2D eigenvalue weighted by Crippen LogP contribution is 2.33. The average Bonchev–Trinajstić information content (AvgIpc) is 2.83. The van der Waals surface area contributed by atoms with Crippen molar-refractivity contribution in [1.29, 1.82) is 0 Å². The quantitative estimate of drug-likeness (QED) is 0.919. The minimum absolute atomic E-state index is 0.229. The standard InChI is InChI=1S/C16H24N2O2/c1-3-16(2)11-18(8-4-7-17-16)10-13-5-6-14-15(9-13)20-12-19-14/h5-6,9,17H,3-4,7-8,10-12H2,1-2H3. The van der Waals surface area contributed by atoms with Gasteiger partial charge in [-0.05, 0) is 50.6 Å². The SMILES string of the molecule is CCC1(C)CN(Cc2ccc3c(c2)OCO3)CCCN1. The van der Waals surface area contributed by atoms with E-state index in [1.807, 2.05) is 6.07 Å². The van der Waals surface area contributed by atoms with Gasteiger partial charge in [0.15, 0.2) is 11.5 Å². The summed E-state index contributed by atoms with van der Waals surface area (Å²) in [6, 6.07) is 6.28. The molecule has 3 rings (SSSR count). The van der Waals surface area contributed by atoms with Gasteiger partial charge in [0.2, 0.25) is 6.79 Å². The third kappa shape index (κ3) is 2.91. The van der Waals surface area contributed by atoms with Crippen molar-refractivity contribution in [2.24, 2.45) is 0 Å². The summed E-state index contributed by atoms with van der Waals surface area (Å²) in [5, 5.41) is 3.68. The molecule has 1 N–H and O–H groups in total. The van der Waals surface area contributed by atoms with Crippen molar-refractivity contribution in [2.75, 3.05) is 26.4 Å². The second-order valence-corrected chi connectivity index (χ2v) is 6.09. The van der Waals surface area contributed by atoms with Gasteiger partial charge in [0.05, 0.1) is 0 Å². The molecule has 2 aliphatic rings. The van der Waals surface area contributed by atoms with Gasteiger partial charge >= 0.3 is 0 Å². The van der Waals surface area contributed by atoms with E-state index >= 15 is 0 Å². The number of hydrogen-bond acceptors (Lipinski definition) is 4. The number of fused-ring (bicyclic) bond motifs is 1. The van der Waals surface area contributed by atoms with Crippen molar-refractivity contribution < 1.29 is 9.47 Å². The Kier molecular flexibility index (Phi) is 3.85. The van der Waals surface area contributed by atoms with Gasteiger partial charge in [0.1, 0.15) is 0 Å². The first-order valence-electron chi connectivity index (χ1n) is 7.54. The first kappa shape index (κ1) is 13.7. The van der Waals surface area contributed by atoms with Gasteiger partial charge in [-0.2, -0.15) is 0 Å². The van der Waals surface area contributed by atoms with Crippen molar-refractivity contribution in [3.05, 3.63) is 23.8 Å². The average molecular weight is 276 g/mol. The second-order valence-electron chi connectivity index (χ2n) is 6.09. The number of ether oxygens (including phenoxy) is 2. The lowest BCUT2D eigenvalue weighted by Crippen LogP contribution is -2.48. The van der Waals surface area contributed by atoms with E-state index < -0.39 is 0 Å². The van der Waals surface area contributed by atoms with Crippen LogP contribution in [0.15, 0.2) is 18.2 Å². The highest BCUT2D eigenvalue weighted by molar-refractivity contribution is 5.44. The third-order valence-corrected chi connectivity index (χ3v) is 4.40. The van der Waals surface area contributed by atoms with Crippen molar-refractivity contribution in [3.8, 4) is 11.5 Å². The van der Waals surface area contributed by atoms with Crippen molar-refractivity contribution in [2.45, 2.75) is 38.8 Å². The van der Waals surface area contributed by atoms with Gasteiger partial charge in [-0.3, -0.25) is 4.90 Å². The Balaban J connectivity index is 1.70. The third-order valence-electron chi connectivity index (χ3n) is 4.40. The Bertz CT molecular complexity index is 478. The van der Waals surface area contributed by atoms with Gasteiger partial charge in [-0.15, -0.1) is 0 Å².